The van der Waals surface area contributed by atoms with Gasteiger partial charge in [0, 0.05) is 15.7 Å². The summed E-state index contributed by atoms with van der Waals surface area (Å²) in [5, 5.41) is 2.87. The molecule has 0 saturated carbocycles. The first-order chi connectivity index (χ1) is 9.51. The molecule has 1 amide bonds. The molecule has 0 bridgehead atoms. The molecule has 0 aromatic heterocycles. The molecule has 1 N–H and O–H groups in total. The van der Waals surface area contributed by atoms with Gasteiger partial charge in [0.1, 0.15) is 5.75 Å². The zero-order valence-electron chi connectivity index (χ0n) is 11.0. The fourth-order valence-corrected chi connectivity index (χ4v) is 2.38. The van der Waals surface area contributed by atoms with E-state index in [1.807, 2.05) is 25.1 Å². The summed E-state index contributed by atoms with van der Waals surface area (Å²) in [4.78, 5) is 12.2. The lowest BCUT2D eigenvalue weighted by Gasteiger charge is -2.09. The molecule has 0 atom stereocenters. The highest BCUT2D eigenvalue weighted by atomic mass is 79.9. The molecule has 0 aliphatic rings. The van der Waals surface area contributed by atoms with Crippen LogP contribution in [0.25, 0.3) is 0 Å². The molecular formula is C15H13Br2NO2. The quantitative estimate of drug-likeness (QED) is 0.807. The van der Waals surface area contributed by atoms with Gasteiger partial charge in [0.15, 0.2) is 0 Å². The second kappa shape index (κ2) is 6.41. The number of anilines is 1. The number of methoxy groups -OCH3 is 1. The van der Waals surface area contributed by atoms with Crippen LogP contribution >= 0.6 is 31.9 Å². The van der Waals surface area contributed by atoms with Crippen molar-refractivity contribution >= 4 is 43.5 Å². The van der Waals surface area contributed by atoms with Gasteiger partial charge in [-0.2, -0.15) is 0 Å². The van der Waals surface area contributed by atoms with Gasteiger partial charge in [-0.3, -0.25) is 4.79 Å². The van der Waals surface area contributed by atoms with Crippen molar-refractivity contribution in [2.45, 2.75) is 6.92 Å². The largest absolute Gasteiger partial charge is 0.496 e. The van der Waals surface area contributed by atoms with Crippen molar-refractivity contribution in [2.24, 2.45) is 0 Å². The van der Waals surface area contributed by atoms with Crippen molar-refractivity contribution in [3.05, 3.63) is 56.5 Å². The van der Waals surface area contributed by atoms with Crippen LogP contribution in [0.15, 0.2) is 45.3 Å². The van der Waals surface area contributed by atoms with Gasteiger partial charge in [-0.05, 0) is 64.8 Å². The summed E-state index contributed by atoms with van der Waals surface area (Å²) >= 11 is 6.80. The number of hydrogen-bond donors (Lipinski definition) is 1. The van der Waals surface area contributed by atoms with E-state index in [4.69, 9.17) is 4.74 Å². The van der Waals surface area contributed by atoms with Crippen LogP contribution in [0.5, 0.6) is 5.75 Å². The summed E-state index contributed by atoms with van der Waals surface area (Å²) in [6.07, 6.45) is 0. The van der Waals surface area contributed by atoms with Gasteiger partial charge in [-0.25, -0.2) is 0 Å². The molecule has 104 valence electrons. The van der Waals surface area contributed by atoms with Crippen LogP contribution in [0.3, 0.4) is 0 Å². The van der Waals surface area contributed by atoms with Crippen LogP contribution < -0.4 is 10.1 Å². The standard InChI is InChI=1S/C15H13Br2NO2/c1-9-7-11(4-6-12(9)16)18-15(19)10-3-5-13(17)14(8-10)20-2/h3-8H,1-2H3,(H,18,19). The van der Waals surface area contributed by atoms with Crippen LogP contribution in [-0.4, -0.2) is 13.0 Å². The maximum absolute atomic E-state index is 12.2. The van der Waals surface area contributed by atoms with Gasteiger partial charge in [-0.1, -0.05) is 15.9 Å². The third-order valence-electron chi connectivity index (χ3n) is 2.83. The van der Waals surface area contributed by atoms with Crippen molar-refractivity contribution in [1.82, 2.24) is 0 Å². The first-order valence-corrected chi connectivity index (χ1v) is 7.51. The normalized spacial score (nSPS) is 10.2. The Morgan fingerprint density at radius 1 is 1.10 bits per heavy atom. The van der Waals surface area contributed by atoms with Crippen LogP contribution in [0.4, 0.5) is 5.69 Å². The lowest BCUT2D eigenvalue weighted by atomic mass is 10.2. The van der Waals surface area contributed by atoms with Crippen LogP contribution in [-0.2, 0) is 0 Å². The smallest absolute Gasteiger partial charge is 0.255 e. The third kappa shape index (κ3) is 3.41. The van der Waals surface area contributed by atoms with Crippen LogP contribution in [0.1, 0.15) is 15.9 Å². The number of halogens is 2. The van der Waals surface area contributed by atoms with E-state index in [0.29, 0.717) is 11.3 Å². The maximum Gasteiger partial charge on any atom is 0.255 e. The molecule has 0 radical (unpaired) electrons. The molecule has 5 heteroatoms. The monoisotopic (exact) mass is 397 g/mol. The van der Waals surface area contributed by atoms with E-state index in [2.05, 4.69) is 37.2 Å². The van der Waals surface area contributed by atoms with Crippen molar-refractivity contribution in [3.63, 3.8) is 0 Å². The molecule has 3 nitrogen and oxygen atoms in total. The number of rotatable bonds is 3. The second-order valence-corrected chi connectivity index (χ2v) is 5.98. The van der Waals surface area contributed by atoms with Crippen molar-refractivity contribution in [1.29, 1.82) is 0 Å². The third-order valence-corrected chi connectivity index (χ3v) is 4.37. The highest BCUT2D eigenvalue weighted by molar-refractivity contribution is 9.10. The minimum absolute atomic E-state index is 0.169. The lowest BCUT2D eigenvalue weighted by molar-refractivity contribution is 0.102. The fourth-order valence-electron chi connectivity index (χ4n) is 1.73. The Labute approximate surface area is 134 Å². The second-order valence-electron chi connectivity index (χ2n) is 4.27. The molecule has 0 aliphatic heterocycles. The summed E-state index contributed by atoms with van der Waals surface area (Å²) in [5.74, 6) is 0.460. The van der Waals surface area contributed by atoms with Gasteiger partial charge in [0.05, 0.1) is 11.6 Å². The van der Waals surface area contributed by atoms with Gasteiger partial charge in [-0.15, -0.1) is 0 Å². The topological polar surface area (TPSA) is 38.3 Å². The Morgan fingerprint density at radius 2 is 1.80 bits per heavy atom. The predicted octanol–water partition coefficient (Wildman–Crippen LogP) is 4.78. The highest BCUT2D eigenvalue weighted by Crippen LogP contribution is 2.26. The molecule has 2 rings (SSSR count). The SMILES string of the molecule is COc1cc(C(=O)Nc2ccc(Br)c(C)c2)ccc1Br. The van der Waals surface area contributed by atoms with E-state index in [1.165, 1.54) is 0 Å². The average molecular weight is 399 g/mol. The first-order valence-electron chi connectivity index (χ1n) is 5.92. The molecule has 0 fully saturated rings. The van der Waals surface area contributed by atoms with Crippen molar-refractivity contribution in [3.8, 4) is 5.75 Å². The molecule has 0 aliphatic carbocycles. The van der Waals surface area contributed by atoms with E-state index in [1.54, 1.807) is 25.3 Å². The maximum atomic E-state index is 12.2. The predicted molar refractivity (Wildman–Crippen MR) is 87.5 cm³/mol. The lowest BCUT2D eigenvalue weighted by Crippen LogP contribution is -2.12. The number of aryl methyl sites for hydroxylation is 1. The number of benzene rings is 2. The fraction of sp³-hybridized carbons (Fsp3) is 0.133. The molecule has 2 aromatic carbocycles. The van der Waals surface area contributed by atoms with Gasteiger partial charge in [0.25, 0.3) is 5.91 Å². The van der Waals surface area contributed by atoms with Crippen LogP contribution in [0.2, 0.25) is 0 Å². The van der Waals surface area contributed by atoms with Gasteiger partial charge < -0.3 is 10.1 Å². The summed E-state index contributed by atoms with van der Waals surface area (Å²) in [6, 6.07) is 10.9. The number of ether oxygens (including phenoxy) is 1. The summed E-state index contributed by atoms with van der Waals surface area (Å²) < 4.78 is 7.02. The number of hydrogen-bond acceptors (Lipinski definition) is 2. The molecule has 2 aromatic rings. The number of amides is 1. The summed E-state index contributed by atoms with van der Waals surface area (Å²) in [7, 11) is 1.57. The van der Waals surface area contributed by atoms with Gasteiger partial charge in [0.2, 0.25) is 0 Å². The molecule has 0 unspecified atom stereocenters. The number of carbonyl (C=O) groups is 1. The average Bonchev–Trinajstić information content (AvgIpc) is 2.43. The Kier molecular flexibility index (Phi) is 4.83. The van der Waals surface area contributed by atoms with E-state index < -0.39 is 0 Å². The van der Waals surface area contributed by atoms with Gasteiger partial charge >= 0.3 is 0 Å². The number of nitrogens with one attached hydrogen (secondary N) is 1. The molecule has 0 saturated heterocycles. The van der Waals surface area contributed by atoms with Crippen molar-refractivity contribution in [2.75, 3.05) is 12.4 Å². The summed E-state index contributed by atoms with van der Waals surface area (Å²) in [6.45, 7) is 1.97. The Bertz CT molecular complexity index is 656. The minimum atomic E-state index is -0.169. The van der Waals surface area contributed by atoms with E-state index in [0.717, 1.165) is 20.2 Å². The van der Waals surface area contributed by atoms with E-state index in [-0.39, 0.29) is 5.91 Å². The van der Waals surface area contributed by atoms with Crippen LogP contribution in [0, 0.1) is 6.92 Å². The summed E-state index contributed by atoms with van der Waals surface area (Å²) in [5.41, 5.74) is 2.37. The molecule has 0 heterocycles. The number of carbonyl (C=O) groups excluding carboxylic acids is 1. The van der Waals surface area contributed by atoms with E-state index >= 15 is 0 Å². The van der Waals surface area contributed by atoms with Crippen molar-refractivity contribution < 1.29 is 9.53 Å². The van der Waals surface area contributed by atoms with E-state index in [9.17, 15) is 4.79 Å². The zero-order valence-corrected chi connectivity index (χ0v) is 14.2. The Balaban J connectivity index is 2.21. The molecule has 0 spiro atoms. The Hall–Kier alpha value is -1.33. The highest BCUT2D eigenvalue weighted by Gasteiger charge is 2.10. The minimum Gasteiger partial charge on any atom is -0.496 e. The molecular weight excluding hydrogens is 386 g/mol. The first kappa shape index (κ1) is 15.1. The zero-order chi connectivity index (χ0) is 14.7. The molecule has 20 heavy (non-hydrogen) atoms. The Morgan fingerprint density at radius 3 is 2.45 bits per heavy atom.